The predicted molar refractivity (Wildman–Crippen MR) is 111 cm³/mol. The molecule has 3 amide bonds. The van der Waals surface area contributed by atoms with Gasteiger partial charge in [0.05, 0.1) is 0 Å². The second-order valence-electron chi connectivity index (χ2n) is 9.70. The van der Waals surface area contributed by atoms with Gasteiger partial charge in [0, 0.05) is 26.1 Å². The first-order chi connectivity index (χ1) is 14.3. The summed E-state index contributed by atoms with van der Waals surface area (Å²) in [5.74, 6) is 2.12. The Balaban J connectivity index is 1.28. The summed E-state index contributed by atoms with van der Waals surface area (Å²) in [6.07, 6.45) is 8.00. The van der Waals surface area contributed by atoms with Gasteiger partial charge >= 0.3 is 0 Å². The third kappa shape index (κ3) is 4.60. The number of nitrogens with zero attached hydrogens (tertiary/aromatic N) is 1. The van der Waals surface area contributed by atoms with Crippen molar-refractivity contribution in [3.05, 3.63) is 29.8 Å². The van der Waals surface area contributed by atoms with Crippen LogP contribution in [0.3, 0.4) is 0 Å². The summed E-state index contributed by atoms with van der Waals surface area (Å²) in [5, 5.41) is 0. The van der Waals surface area contributed by atoms with Crippen LogP contribution in [-0.2, 0) is 9.59 Å². The van der Waals surface area contributed by atoms with E-state index in [-0.39, 0.29) is 23.8 Å². The maximum absolute atomic E-state index is 12.6. The lowest BCUT2D eigenvalue weighted by Crippen LogP contribution is -2.50. The number of benzene rings is 1. The molecule has 4 aliphatic rings. The van der Waals surface area contributed by atoms with Crippen molar-refractivity contribution in [1.29, 1.82) is 0 Å². The fraction of sp³-hybridized carbons (Fsp3) is 0.609. The smallest absolute Gasteiger partial charge is 0.269 e. The van der Waals surface area contributed by atoms with E-state index >= 15 is 0 Å². The number of hydrogen-bond donors (Lipinski definition) is 2. The summed E-state index contributed by atoms with van der Waals surface area (Å²) in [6, 6.07) is 6.57. The molecule has 7 nitrogen and oxygen atoms in total. The van der Waals surface area contributed by atoms with Crippen LogP contribution in [0, 0.1) is 23.2 Å². The Hall–Kier alpha value is -2.57. The molecule has 1 aromatic carbocycles. The monoisotopic (exact) mass is 413 g/mol. The maximum Gasteiger partial charge on any atom is 0.269 e. The van der Waals surface area contributed by atoms with Gasteiger partial charge in [-0.1, -0.05) is 6.07 Å². The molecule has 0 radical (unpaired) electrons. The second kappa shape index (κ2) is 8.28. The zero-order valence-electron chi connectivity index (χ0n) is 17.8. The Morgan fingerprint density at radius 2 is 1.67 bits per heavy atom. The third-order valence-corrected chi connectivity index (χ3v) is 6.97. The Morgan fingerprint density at radius 3 is 2.27 bits per heavy atom. The molecule has 0 spiro atoms. The first kappa shape index (κ1) is 20.7. The van der Waals surface area contributed by atoms with Gasteiger partial charge in [-0.05, 0) is 79.9 Å². The molecule has 0 unspecified atom stereocenters. The Labute approximate surface area is 177 Å². The standard InChI is InChI=1S/C23H31N3O4/c1-26(2)21(28)14-30-19-5-3-4-18(9-19)22(29)25-24-20(27)13-23-10-15-6-16(11-23)8-17(7-15)12-23/h3-5,9,15-17H,6-8,10-14H2,1-2H3,(H,24,27)(H,25,29). The van der Waals surface area contributed by atoms with E-state index in [1.165, 1.54) is 24.2 Å². The van der Waals surface area contributed by atoms with Gasteiger partial charge in [0.25, 0.3) is 11.8 Å². The Morgan fingerprint density at radius 1 is 1.03 bits per heavy atom. The minimum absolute atomic E-state index is 0.0973. The fourth-order valence-corrected chi connectivity index (χ4v) is 6.09. The highest BCUT2D eigenvalue weighted by Gasteiger charge is 2.51. The lowest BCUT2D eigenvalue weighted by atomic mass is 9.49. The molecule has 1 aromatic rings. The van der Waals surface area contributed by atoms with Crippen LogP contribution in [0.2, 0.25) is 0 Å². The van der Waals surface area contributed by atoms with Gasteiger partial charge in [-0.2, -0.15) is 0 Å². The molecule has 0 atom stereocenters. The number of hydrazine groups is 1. The molecule has 4 fully saturated rings. The van der Waals surface area contributed by atoms with Gasteiger partial charge in [0.15, 0.2) is 6.61 Å². The zero-order chi connectivity index (χ0) is 21.3. The molecule has 0 aromatic heterocycles. The molecular weight excluding hydrogens is 382 g/mol. The molecule has 7 heteroatoms. The Bertz CT molecular complexity index is 800. The summed E-state index contributed by atoms with van der Waals surface area (Å²) in [7, 11) is 3.31. The normalized spacial score (nSPS) is 28.7. The second-order valence-corrected chi connectivity index (χ2v) is 9.70. The van der Waals surface area contributed by atoms with Crippen molar-refractivity contribution in [2.45, 2.75) is 44.9 Å². The molecule has 4 saturated carbocycles. The highest BCUT2D eigenvalue weighted by Crippen LogP contribution is 2.61. The van der Waals surface area contributed by atoms with Crippen LogP contribution in [0.25, 0.3) is 0 Å². The largest absolute Gasteiger partial charge is 0.484 e. The lowest BCUT2D eigenvalue weighted by molar-refractivity contribution is -0.131. The SMILES string of the molecule is CN(C)C(=O)COc1cccc(C(=O)NNC(=O)CC23CC4CC(CC(C4)C2)C3)c1. The molecule has 0 aliphatic heterocycles. The van der Waals surface area contributed by atoms with E-state index in [0.717, 1.165) is 37.0 Å². The van der Waals surface area contributed by atoms with E-state index in [1.54, 1.807) is 38.4 Å². The lowest BCUT2D eigenvalue weighted by Gasteiger charge is -2.56. The summed E-state index contributed by atoms with van der Waals surface area (Å²) in [4.78, 5) is 38.1. The number of carbonyl (C=O) groups is 3. The van der Waals surface area contributed by atoms with Crippen LogP contribution in [-0.4, -0.2) is 43.3 Å². The van der Waals surface area contributed by atoms with Gasteiger partial charge in [-0.15, -0.1) is 0 Å². The van der Waals surface area contributed by atoms with Crippen LogP contribution in [0.4, 0.5) is 0 Å². The highest BCUT2D eigenvalue weighted by molar-refractivity contribution is 5.95. The van der Waals surface area contributed by atoms with Crippen molar-refractivity contribution >= 4 is 17.7 Å². The summed E-state index contributed by atoms with van der Waals surface area (Å²) in [5.41, 5.74) is 5.62. The third-order valence-electron chi connectivity index (χ3n) is 6.97. The van der Waals surface area contributed by atoms with Crippen LogP contribution >= 0.6 is 0 Å². The van der Waals surface area contributed by atoms with Crippen molar-refractivity contribution in [3.8, 4) is 5.75 Å². The van der Waals surface area contributed by atoms with Crippen molar-refractivity contribution in [3.63, 3.8) is 0 Å². The van der Waals surface area contributed by atoms with Crippen LogP contribution in [0.15, 0.2) is 24.3 Å². The predicted octanol–water partition coefficient (Wildman–Crippen LogP) is 2.52. The molecule has 4 bridgehead atoms. The molecule has 30 heavy (non-hydrogen) atoms. The summed E-state index contributed by atoms with van der Waals surface area (Å²) >= 11 is 0. The van der Waals surface area contributed by atoms with Crippen molar-refractivity contribution in [2.24, 2.45) is 23.2 Å². The van der Waals surface area contributed by atoms with Gasteiger partial charge in [-0.3, -0.25) is 25.2 Å². The highest BCUT2D eigenvalue weighted by atomic mass is 16.5. The first-order valence-electron chi connectivity index (χ1n) is 10.8. The van der Waals surface area contributed by atoms with Gasteiger partial charge < -0.3 is 9.64 Å². The van der Waals surface area contributed by atoms with Crippen LogP contribution < -0.4 is 15.6 Å². The van der Waals surface area contributed by atoms with Crippen LogP contribution in [0.1, 0.15) is 55.3 Å². The minimum Gasteiger partial charge on any atom is -0.484 e. The van der Waals surface area contributed by atoms with Crippen molar-refractivity contribution < 1.29 is 19.1 Å². The van der Waals surface area contributed by atoms with E-state index < -0.39 is 5.91 Å². The Kier molecular flexibility index (Phi) is 5.71. The number of carbonyl (C=O) groups excluding carboxylic acids is 3. The molecule has 5 rings (SSSR count). The van der Waals surface area contributed by atoms with E-state index in [0.29, 0.717) is 17.7 Å². The average molecular weight is 414 g/mol. The summed E-state index contributed by atoms with van der Waals surface area (Å²) in [6.45, 7) is -0.0973. The average Bonchev–Trinajstić information content (AvgIpc) is 2.69. The minimum atomic E-state index is -0.404. The molecular formula is C23H31N3O4. The number of nitrogens with one attached hydrogen (secondary N) is 2. The molecule has 162 valence electrons. The first-order valence-corrected chi connectivity index (χ1v) is 10.8. The van der Waals surface area contributed by atoms with Crippen molar-refractivity contribution in [1.82, 2.24) is 15.8 Å². The van der Waals surface area contributed by atoms with Gasteiger partial charge in [0.2, 0.25) is 5.91 Å². The number of likely N-dealkylation sites (N-methyl/N-ethyl adjacent to an activating group) is 1. The molecule has 0 saturated heterocycles. The zero-order valence-corrected chi connectivity index (χ0v) is 17.8. The quantitative estimate of drug-likeness (QED) is 0.702. The number of rotatable bonds is 6. The summed E-state index contributed by atoms with van der Waals surface area (Å²) < 4.78 is 5.45. The van der Waals surface area contributed by atoms with Crippen LogP contribution in [0.5, 0.6) is 5.75 Å². The van der Waals surface area contributed by atoms with E-state index in [4.69, 9.17) is 4.74 Å². The molecule has 0 heterocycles. The van der Waals surface area contributed by atoms with Crippen molar-refractivity contribution in [2.75, 3.05) is 20.7 Å². The van der Waals surface area contributed by atoms with Gasteiger partial charge in [0.1, 0.15) is 5.75 Å². The van der Waals surface area contributed by atoms with E-state index in [9.17, 15) is 14.4 Å². The van der Waals surface area contributed by atoms with E-state index in [1.807, 2.05) is 0 Å². The topological polar surface area (TPSA) is 87.7 Å². The number of hydrogen-bond acceptors (Lipinski definition) is 4. The molecule has 4 aliphatic carbocycles. The van der Waals surface area contributed by atoms with Gasteiger partial charge in [-0.25, -0.2) is 0 Å². The maximum atomic E-state index is 12.6. The number of ether oxygens (including phenoxy) is 1. The molecule has 2 N–H and O–H groups in total. The fourth-order valence-electron chi connectivity index (χ4n) is 6.09. The number of amides is 3. The van der Waals surface area contributed by atoms with E-state index in [2.05, 4.69) is 10.9 Å².